The van der Waals surface area contributed by atoms with E-state index in [4.69, 9.17) is 15.2 Å². The zero-order valence-corrected chi connectivity index (χ0v) is 11.8. The van der Waals surface area contributed by atoms with E-state index in [1.165, 1.54) is 25.7 Å². The van der Waals surface area contributed by atoms with Gasteiger partial charge in [0.05, 0.1) is 12.7 Å². The van der Waals surface area contributed by atoms with Crippen LogP contribution in [0.25, 0.3) is 0 Å². The molecule has 19 heavy (non-hydrogen) atoms. The second kappa shape index (κ2) is 7.51. The molecule has 0 aliphatic heterocycles. The largest absolute Gasteiger partial charge is 0.493 e. The van der Waals surface area contributed by atoms with Gasteiger partial charge in [-0.15, -0.1) is 0 Å². The predicted molar refractivity (Wildman–Crippen MR) is 77.3 cm³/mol. The van der Waals surface area contributed by atoms with E-state index in [2.05, 4.69) is 12.1 Å². The fraction of sp³-hybridized carbons (Fsp3) is 0.625. The van der Waals surface area contributed by atoms with Crippen LogP contribution in [0, 0.1) is 5.92 Å². The Balaban J connectivity index is 1.93. The van der Waals surface area contributed by atoms with E-state index in [0.717, 1.165) is 30.3 Å². The molecule has 0 bridgehead atoms. The molecule has 1 aromatic carbocycles. The maximum atomic E-state index is 5.92. The molecule has 1 unspecified atom stereocenters. The number of methoxy groups -OCH3 is 1. The smallest absolute Gasteiger partial charge is 0.119 e. The van der Waals surface area contributed by atoms with Crippen LogP contribution in [0.4, 0.5) is 0 Å². The molecule has 1 aliphatic carbocycles. The summed E-state index contributed by atoms with van der Waals surface area (Å²) in [6, 6.07) is 8.21. The average Bonchev–Trinajstić information content (AvgIpc) is 2.96. The normalized spacial score (nSPS) is 17.6. The Labute approximate surface area is 116 Å². The van der Waals surface area contributed by atoms with E-state index >= 15 is 0 Å². The molecule has 0 saturated heterocycles. The summed E-state index contributed by atoms with van der Waals surface area (Å²) in [4.78, 5) is 0. The standard InChI is InChI=1S/C16H25NO2/c1-18-16(9-10-17)14-7-4-8-15(11-14)19-12-13-5-2-3-6-13/h4,7-8,11,13,16H,2-3,5-6,9-10,12,17H2,1H3. The van der Waals surface area contributed by atoms with Crippen LogP contribution < -0.4 is 10.5 Å². The van der Waals surface area contributed by atoms with Crippen molar-refractivity contribution in [2.45, 2.75) is 38.2 Å². The van der Waals surface area contributed by atoms with Crippen molar-refractivity contribution in [3.63, 3.8) is 0 Å². The molecule has 3 heteroatoms. The molecule has 2 N–H and O–H groups in total. The molecule has 0 aromatic heterocycles. The average molecular weight is 263 g/mol. The van der Waals surface area contributed by atoms with Crippen LogP contribution in [-0.2, 0) is 4.74 Å². The molecular weight excluding hydrogens is 238 g/mol. The Kier molecular flexibility index (Phi) is 5.67. The van der Waals surface area contributed by atoms with Gasteiger partial charge in [-0.2, -0.15) is 0 Å². The van der Waals surface area contributed by atoms with Crippen LogP contribution >= 0.6 is 0 Å². The predicted octanol–water partition coefficient (Wildman–Crippen LogP) is 3.29. The second-order valence-corrected chi connectivity index (χ2v) is 5.34. The van der Waals surface area contributed by atoms with Gasteiger partial charge in [-0.1, -0.05) is 25.0 Å². The van der Waals surface area contributed by atoms with Gasteiger partial charge in [0.2, 0.25) is 0 Å². The molecule has 0 radical (unpaired) electrons. The van der Waals surface area contributed by atoms with Gasteiger partial charge in [-0.25, -0.2) is 0 Å². The zero-order valence-electron chi connectivity index (χ0n) is 11.8. The van der Waals surface area contributed by atoms with Crippen molar-refractivity contribution in [3.8, 4) is 5.75 Å². The monoisotopic (exact) mass is 263 g/mol. The fourth-order valence-electron chi connectivity index (χ4n) is 2.77. The number of hydrogen-bond donors (Lipinski definition) is 1. The van der Waals surface area contributed by atoms with Gasteiger partial charge < -0.3 is 15.2 Å². The Morgan fingerprint density at radius 3 is 2.79 bits per heavy atom. The van der Waals surface area contributed by atoms with Crippen molar-refractivity contribution in [1.29, 1.82) is 0 Å². The summed E-state index contributed by atoms with van der Waals surface area (Å²) in [7, 11) is 1.73. The molecule has 0 heterocycles. The summed E-state index contributed by atoms with van der Waals surface area (Å²) in [5, 5.41) is 0. The number of rotatable bonds is 7. The molecular formula is C16H25NO2. The van der Waals surface area contributed by atoms with E-state index in [1.807, 2.05) is 12.1 Å². The quantitative estimate of drug-likeness (QED) is 0.821. The molecule has 1 aromatic rings. The van der Waals surface area contributed by atoms with Crippen LogP contribution in [0.5, 0.6) is 5.75 Å². The Morgan fingerprint density at radius 2 is 2.11 bits per heavy atom. The second-order valence-electron chi connectivity index (χ2n) is 5.34. The lowest BCUT2D eigenvalue weighted by Crippen LogP contribution is -2.10. The lowest BCUT2D eigenvalue weighted by molar-refractivity contribution is 0.0974. The topological polar surface area (TPSA) is 44.5 Å². The SMILES string of the molecule is COC(CCN)c1cccc(OCC2CCCC2)c1. The summed E-state index contributed by atoms with van der Waals surface area (Å²) in [6.07, 6.45) is 6.25. The minimum Gasteiger partial charge on any atom is -0.493 e. The number of benzene rings is 1. The first-order valence-corrected chi connectivity index (χ1v) is 7.29. The van der Waals surface area contributed by atoms with Crippen molar-refractivity contribution >= 4 is 0 Å². The van der Waals surface area contributed by atoms with E-state index in [1.54, 1.807) is 7.11 Å². The van der Waals surface area contributed by atoms with Gasteiger partial charge in [0.15, 0.2) is 0 Å². The Morgan fingerprint density at radius 1 is 1.32 bits per heavy atom. The van der Waals surface area contributed by atoms with E-state index in [-0.39, 0.29) is 6.10 Å². The Hall–Kier alpha value is -1.06. The van der Waals surface area contributed by atoms with Gasteiger partial charge in [-0.3, -0.25) is 0 Å². The third-order valence-electron chi connectivity index (χ3n) is 3.90. The zero-order chi connectivity index (χ0) is 13.5. The molecule has 1 fully saturated rings. The minimum atomic E-state index is 0.0695. The van der Waals surface area contributed by atoms with Crippen LogP contribution in [0.3, 0.4) is 0 Å². The molecule has 0 spiro atoms. The van der Waals surface area contributed by atoms with E-state index in [0.29, 0.717) is 6.54 Å². The maximum absolute atomic E-state index is 5.92. The van der Waals surface area contributed by atoms with Gasteiger partial charge in [0.25, 0.3) is 0 Å². The van der Waals surface area contributed by atoms with Crippen molar-refractivity contribution in [2.75, 3.05) is 20.3 Å². The van der Waals surface area contributed by atoms with Crippen LogP contribution in [0.2, 0.25) is 0 Å². The number of hydrogen-bond acceptors (Lipinski definition) is 3. The van der Waals surface area contributed by atoms with Gasteiger partial charge in [0.1, 0.15) is 5.75 Å². The number of nitrogens with two attached hydrogens (primary N) is 1. The highest BCUT2D eigenvalue weighted by Gasteiger charge is 2.16. The van der Waals surface area contributed by atoms with Gasteiger partial charge >= 0.3 is 0 Å². The van der Waals surface area contributed by atoms with Crippen LogP contribution in [-0.4, -0.2) is 20.3 Å². The van der Waals surface area contributed by atoms with Gasteiger partial charge in [-0.05, 0) is 49.4 Å². The highest BCUT2D eigenvalue weighted by Crippen LogP contribution is 2.27. The summed E-state index contributed by atoms with van der Waals surface area (Å²) in [5.74, 6) is 1.69. The van der Waals surface area contributed by atoms with Crippen molar-refractivity contribution in [2.24, 2.45) is 11.7 Å². The molecule has 1 atom stereocenters. The summed E-state index contributed by atoms with van der Waals surface area (Å²) >= 11 is 0. The molecule has 2 rings (SSSR count). The highest BCUT2D eigenvalue weighted by molar-refractivity contribution is 5.30. The summed E-state index contributed by atoms with van der Waals surface area (Å²) in [5.41, 5.74) is 6.76. The first-order chi connectivity index (χ1) is 9.33. The summed E-state index contributed by atoms with van der Waals surface area (Å²) < 4.78 is 11.4. The van der Waals surface area contributed by atoms with Crippen molar-refractivity contribution in [3.05, 3.63) is 29.8 Å². The van der Waals surface area contributed by atoms with Crippen LogP contribution in [0.15, 0.2) is 24.3 Å². The van der Waals surface area contributed by atoms with Crippen LogP contribution in [0.1, 0.15) is 43.8 Å². The first kappa shape index (κ1) is 14.4. The number of ether oxygens (including phenoxy) is 2. The molecule has 1 aliphatic rings. The van der Waals surface area contributed by atoms with E-state index in [9.17, 15) is 0 Å². The molecule has 106 valence electrons. The highest BCUT2D eigenvalue weighted by atomic mass is 16.5. The van der Waals surface area contributed by atoms with Crippen molar-refractivity contribution in [1.82, 2.24) is 0 Å². The van der Waals surface area contributed by atoms with Crippen molar-refractivity contribution < 1.29 is 9.47 Å². The summed E-state index contributed by atoms with van der Waals surface area (Å²) in [6.45, 7) is 1.48. The van der Waals surface area contributed by atoms with Gasteiger partial charge in [0, 0.05) is 7.11 Å². The first-order valence-electron chi connectivity index (χ1n) is 7.29. The fourth-order valence-corrected chi connectivity index (χ4v) is 2.77. The lowest BCUT2D eigenvalue weighted by Gasteiger charge is -2.17. The third-order valence-corrected chi connectivity index (χ3v) is 3.90. The molecule has 3 nitrogen and oxygen atoms in total. The maximum Gasteiger partial charge on any atom is 0.119 e. The van der Waals surface area contributed by atoms with E-state index < -0.39 is 0 Å². The molecule has 0 amide bonds. The molecule has 1 saturated carbocycles. The Bertz CT molecular complexity index is 375. The third kappa shape index (κ3) is 4.22. The minimum absolute atomic E-state index is 0.0695. The lowest BCUT2D eigenvalue weighted by atomic mass is 10.1.